The Morgan fingerprint density at radius 1 is 0.611 bits per heavy atom. The van der Waals surface area contributed by atoms with E-state index >= 15 is 0 Å². The molecule has 0 spiro atoms. The summed E-state index contributed by atoms with van der Waals surface area (Å²) in [5.74, 6) is 1.60. The first-order valence-electron chi connectivity index (χ1n) is 19.3. The minimum atomic E-state index is -0.326. The van der Waals surface area contributed by atoms with Crippen LogP contribution in [0, 0.1) is 5.82 Å². The lowest BCUT2D eigenvalue weighted by Crippen LogP contribution is -2.36. The number of hydrogen-bond donors (Lipinski definition) is 2. The average molecular weight is 791 g/mol. The highest BCUT2D eigenvalue weighted by Crippen LogP contribution is 2.43. The van der Waals surface area contributed by atoms with Gasteiger partial charge in [-0.05, 0) is 132 Å². The van der Waals surface area contributed by atoms with Gasteiger partial charge in [-0.1, -0.05) is 34.1 Å². The molecule has 0 saturated heterocycles. The molecule has 11 heteroatoms. The van der Waals surface area contributed by atoms with Gasteiger partial charge in [0.25, 0.3) is 0 Å². The van der Waals surface area contributed by atoms with Gasteiger partial charge in [-0.3, -0.25) is 4.98 Å². The number of halogens is 2. The van der Waals surface area contributed by atoms with Crippen molar-refractivity contribution in [2.45, 2.75) is 88.4 Å². The van der Waals surface area contributed by atoms with Crippen LogP contribution in [0.4, 0.5) is 16.0 Å². The summed E-state index contributed by atoms with van der Waals surface area (Å²) in [6.45, 7) is 0. The molecular weight excluding hydrogens is 741 g/mol. The predicted octanol–water partition coefficient (Wildman–Crippen LogP) is 8.63. The maximum atomic E-state index is 13.7. The Hall–Kier alpha value is -4.32. The summed E-state index contributed by atoms with van der Waals surface area (Å²) < 4.78 is 14.8. The molecule has 0 atom stereocenters. The summed E-state index contributed by atoms with van der Waals surface area (Å²) >= 11 is 3.59. The quantitative estimate of drug-likeness (QED) is 0.165. The molecular formula is C43H49BrFN9. The molecule has 2 aromatic carbocycles. The molecule has 0 bridgehead atoms. The smallest absolute Gasteiger partial charge is 0.142 e. The molecule has 4 aliphatic rings. The summed E-state index contributed by atoms with van der Waals surface area (Å²) in [5.41, 5.74) is 11.2. The van der Waals surface area contributed by atoms with E-state index in [9.17, 15) is 4.39 Å². The van der Waals surface area contributed by atoms with Crippen molar-refractivity contribution >= 4 is 27.6 Å². The predicted molar refractivity (Wildman–Crippen MR) is 218 cm³/mol. The number of rotatable bonds is 7. The number of fused-ring (bicyclic) bond motifs is 6. The molecule has 0 aliphatic heterocycles. The summed E-state index contributed by atoms with van der Waals surface area (Å²) in [6, 6.07) is 16.6. The second kappa shape index (κ2) is 15.8. The SMILES string of the molecule is CN(C)C1CCC(Nc2ncnc3c2-c2cc(-c4cncc(F)c4)ccc2C3)CC1.CN(C)C1CCC(Nc2ncnc3c2-c2cc(Br)ccc2C3)CC1. The normalized spacial score (nSPS) is 21.1. The van der Waals surface area contributed by atoms with E-state index in [2.05, 4.69) is 120 Å². The molecule has 3 aromatic heterocycles. The van der Waals surface area contributed by atoms with Crippen LogP contribution in [-0.4, -0.2) is 87.1 Å². The van der Waals surface area contributed by atoms with Crippen molar-refractivity contribution in [3.8, 4) is 33.4 Å². The van der Waals surface area contributed by atoms with Crippen LogP contribution in [0.3, 0.4) is 0 Å². The van der Waals surface area contributed by atoms with Crippen molar-refractivity contribution in [1.29, 1.82) is 0 Å². The molecule has 54 heavy (non-hydrogen) atoms. The first-order valence-corrected chi connectivity index (χ1v) is 20.1. The third-order valence-electron chi connectivity index (χ3n) is 11.9. The summed E-state index contributed by atoms with van der Waals surface area (Å²) in [6.07, 6.45) is 17.6. The van der Waals surface area contributed by atoms with Crippen molar-refractivity contribution in [2.75, 3.05) is 38.8 Å². The fraction of sp³-hybridized carbons (Fsp3) is 0.419. The lowest BCUT2D eigenvalue weighted by molar-refractivity contribution is 0.221. The van der Waals surface area contributed by atoms with Gasteiger partial charge >= 0.3 is 0 Å². The number of pyridine rings is 1. The molecule has 0 amide bonds. The van der Waals surface area contributed by atoms with Gasteiger partial charge in [0.2, 0.25) is 0 Å². The second-order valence-electron chi connectivity index (χ2n) is 15.7. The van der Waals surface area contributed by atoms with Gasteiger partial charge in [0.15, 0.2) is 0 Å². The van der Waals surface area contributed by atoms with Crippen LogP contribution in [-0.2, 0) is 12.8 Å². The Morgan fingerprint density at radius 2 is 1.13 bits per heavy atom. The van der Waals surface area contributed by atoms with E-state index in [0.29, 0.717) is 18.1 Å². The van der Waals surface area contributed by atoms with E-state index in [1.807, 2.05) is 6.07 Å². The maximum Gasteiger partial charge on any atom is 0.142 e. The van der Waals surface area contributed by atoms with Crippen molar-refractivity contribution in [3.63, 3.8) is 0 Å². The fourth-order valence-electron chi connectivity index (χ4n) is 8.77. The molecule has 2 saturated carbocycles. The third-order valence-corrected chi connectivity index (χ3v) is 12.4. The Kier molecular flexibility index (Phi) is 10.7. The number of nitrogens with zero attached hydrogens (tertiary/aromatic N) is 7. The molecule has 5 aromatic rings. The number of hydrogen-bond acceptors (Lipinski definition) is 9. The van der Waals surface area contributed by atoms with E-state index in [4.69, 9.17) is 0 Å². The Balaban J connectivity index is 0.000000157. The van der Waals surface area contributed by atoms with E-state index in [-0.39, 0.29) is 5.82 Å². The lowest BCUT2D eigenvalue weighted by Gasteiger charge is -2.33. The van der Waals surface area contributed by atoms with Gasteiger partial charge in [0, 0.05) is 64.4 Å². The van der Waals surface area contributed by atoms with E-state index in [0.717, 1.165) is 81.5 Å². The van der Waals surface area contributed by atoms with Crippen LogP contribution in [0.1, 0.15) is 73.9 Å². The molecule has 2 N–H and O–H groups in total. The van der Waals surface area contributed by atoms with E-state index in [1.165, 1.54) is 73.0 Å². The lowest BCUT2D eigenvalue weighted by atomic mass is 9.90. The van der Waals surface area contributed by atoms with Crippen LogP contribution in [0.5, 0.6) is 0 Å². The standard InChI is InChI=1S/C24H26FN5.C19H23BrN4/c1-30(2)20-7-5-19(6-8-20)29-24-23-21-10-15(17-9-18(25)13-26-12-17)3-4-16(21)11-22(23)27-14-28-24;1-24(2)15-7-5-14(6-8-15)23-19-18-16-10-13(20)4-3-12(16)9-17(18)21-11-22-19/h3-4,9-10,12-14,19-20H,5-8,11H2,1-2H3,(H,27,28,29);3-4,10-11,14-15H,5-9H2,1-2H3,(H,21,22,23). The molecule has 0 unspecified atom stereocenters. The van der Waals surface area contributed by atoms with Crippen molar-refractivity contribution < 1.29 is 4.39 Å². The van der Waals surface area contributed by atoms with Gasteiger partial charge in [0.1, 0.15) is 30.1 Å². The van der Waals surface area contributed by atoms with Crippen LogP contribution in [0.25, 0.3) is 33.4 Å². The number of nitrogens with one attached hydrogen (secondary N) is 2. The van der Waals surface area contributed by atoms with E-state index in [1.54, 1.807) is 18.9 Å². The van der Waals surface area contributed by atoms with Crippen LogP contribution in [0.2, 0.25) is 0 Å². The first-order chi connectivity index (χ1) is 26.2. The number of benzene rings is 2. The largest absolute Gasteiger partial charge is 0.367 e. The van der Waals surface area contributed by atoms with Gasteiger partial charge in [0.05, 0.1) is 17.6 Å². The summed E-state index contributed by atoms with van der Waals surface area (Å²) in [5, 5.41) is 7.42. The molecule has 3 heterocycles. The molecule has 4 aliphatic carbocycles. The zero-order valence-corrected chi connectivity index (χ0v) is 33.2. The molecule has 9 nitrogen and oxygen atoms in total. The third kappa shape index (κ3) is 7.76. The highest BCUT2D eigenvalue weighted by molar-refractivity contribution is 9.10. The summed E-state index contributed by atoms with van der Waals surface area (Å²) in [7, 11) is 8.70. The minimum Gasteiger partial charge on any atom is -0.367 e. The minimum absolute atomic E-state index is 0.326. The van der Waals surface area contributed by atoms with Crippen molar-refractivity contribution in [2.24, 2.45) is 0 Å². The molecule has 0 radical (unpaired) electrons. The van der Waals surface area contributed by atoms with Gasteiger partial charge in [-0.2, -0.15) is 0 Å². The Morgan fingerprint density at radius 3 is 1.65 bits per heavy atom. The zero-order chi connectivity index (χ0) is 37.3. The monoisotopic (exact) mass is 789 g/mol. The molecule has 2 fully saturated rings. The zero-order valence-electron chi connectivity index (χ0n) is 31.6. The van der Waals surface area contributed by atoms with Crippen molar-refractivity contribution in [1.82, 2.24) is 34.7 Å². The average Bonchev–Trinajstić information content (AvgIpc) is 3.74. The van der Waals surface area contributed by atoms with Crippen LogP contribution in [0.15, 0.2) is 72.0 Å². The van der Waals surface area contributed by atoms with Crippen molar-refractivity contribution in [3.05, 3.63) is 100 Å². The maximum absolute atomic E-state index is 13.7. The summed E-state index contributed by atoms with van der Waals surface area (Å²) in [4.78, 5) is 26.9. The number of anilines is 2. The van der Waals surface area contributed by atoms with Gasteiger partial charge in [-0.15, -0.1) is 0 Å². The topological polar surface area (TPSA) is 95.0 Å². The Bertz CT molecular complexity index is 2120. The molecule has 9 rings (SSSR count). The Labute approximate surface area is 326 Å². The van der Waals surface area contributed by atoms with Gasteiger partial charge < -0.3 is 20.4 Å². The second-order valence-corrected chi connectivity index (χ2v) is 16.6. The fourth-order valence-corrected chi connectivity index (χ4v) is 9.13. The number of aromatic nitrogens is 5. The van der Waals surface area contributed by atoms with E-state index < -0.39 is 0 Å². The highest BCUT2D eigenvalue weighted by Gasteiger charge is 2.29. The van der Waals surface area contributed by atoms with Gasteiger partial charge in [-0.25, -0.2) is 24.3 Å². The molecule has 280 valence electrons. The van der Waals surface area contributed by atoms with Crippen LogP contribution < -0.4 is 10.6 Å². The van der Waals surface area contributed by atoms with Crippen LogP contribution >= 0.6 is 15.9 Å². The highest BCUT2D eigenvalue weighted by atomic mass is 79.9. The first kappa shape index (κ1) is 36.6.